The number of benzene rings is 1. The number of aromatic nitrogens is 2. The molecule has 0 saturated heterocycles. The number of para-hydroxylation sites is 1. The van der Waals surface area contributed by atoms with E-state index in [4.69, 9.17) is 4.74 Å². The molecule has 3 aromatic rings. The summed E-state index contributed by atoms with van der Waals surface area (Å²) in [5.41, 5.74) is 0.0943. The van der Waals surface area contributed by atoms with Crippen LogP contribution in [0.4, 0.5) is 4.39 Å². The fourth-order valence-electron chi connectivity index (χ4n) is 2.89. The molecule has 0 aliphatic carbocycles. The highest BCUT2D eigenvalue weighted by Crippen LogP contribution is 2.28. The van der Waals surface area contributed by atoms with E-state index in [1.807, 2.05) is 20.8 Å². The first-order valence-corrected chi connectivity index (χ1v) is 10.0. The number of halogens is 1. The second kappa shape index (κ2) is 7.94. The Bertz CT molecular complexity index is 1110. The average Bonchev–Trinajstić information content (AvgIpc) is 2.99. The first-order valence-electron chi connectivity index (χ1n) is 9.22. The van der Waals surface area contributed by atoms with Crippen LogP contribution in [0.15, 0.2) is 35.4 Å². The number of thiophene rings is 1. The maximum atomic E-state index is 13.9. The predicted molar refractivity (Wildman–Crippen MR) is 112 cm³/mol. The Hall–Kier alpha value is -2.74. The van der Waals surface area contributed by atoms with Gasteiger partial charge in [0.2, 0.25) is 0 Å². The van der Waals surface area contributed by atoms with E-state index in [9.17, 15) is 14.0 Å². The number of aryl methyl sites for hydroxylation is 2. The van der Waals surface area contributed by atoms with E-state index in [1.165, 1.54) is 28.3 Å². The summed E-state index contributed by atoms with van der Waals surface area (Å²) in [4.78, 5) is 30.6. The summed E-state index contributed by atoms with van der Waals surface area (Å²) in [5.74, 6) is -0.611. The summed E-state index contributed by atoms with van der Waals surface area (Å²) in [6.45, 7) is 7.77. The van der Waals surface area contributed by atoms with Crippen molar-refractivity contribution in [1.29, 1.82) is 0 Å². The number of fused-ring (bicyclic) bond motifs is 1. The van der Waals surface area contributed by atoms with Crippen molar-refractivity contribution >= 4 is 27.5 Å². The van der Waals surface area contributed by atoms with Crippen molar-refractivity contribution in [3.05, 3.63) is 57.2 Å². The Labute approximate surface area is 172 Å². The molecule has 8 heteroatoms. The second-order valence-corrected chi connectivity index (χ2v) is 9.03. The summed E-state index contributed by atoms with van der Waals surface area (Å²) < 4.78 is 20.9. The Morgan fingerprint density at radius 1 is 1.34 bits per heavy atom. The molecule has 0 spiro atoms. The van der Waals surface area contributed by atoms with Gasteiger partial charge in [-0.2, -0.15) is 0 Å². The molecule has 0 aliphatic rings. The molecule has 1 atom stereocenters. The van der Waals surface area contributed by atoms with E-state index in [-0.39, 0.29) is 35.3 Å². The van der Waals surface area contributed by atoms with E-state index >= 15 is 0 Å². The number of nitrogens with one attached hydrogen (secondary N) is 1. The van der Waals surface area contributed by atoms with E-state index in [2.05, 4.69) is 10.3 Å². The summed E-state index contributed by atoms with van der Waals surface area (Å²) in [5, 5.41) is 3.44. The van der Waals surface area contributed by atoms with Crippen LogP contribution in [-0.4, -0.2) is 28.1 Å². The van der Waals surface area contributed by atoms with E-state index in [1.54, 1.807) is 32.2 Å². The topological polar surface area (TPSA) is 73.2 Å². The van der Waals surface area contributed by atoms with Gasteiger partial charge >= 0.3 is 0 Å². The van der Waals surface area contributed by atoms with Crippen LogP contribution in [0.2, 0.25) is 0 Å². The van der Waals surface area contributed by atoms with Crippen molar-refractivity contribution in [2.45, 2.75) is 33.7 Å². The van der Waals surface area contributed by atoms with Gasteiger partial charge in [0, 0.05) is 7.05 Å². The number of hydrogen-bond acceptors (Lipinski definition) is 5. The molecule has 0 fully saturated rings. The van der Waals surface area contributed by atoms with Crippen LogP contribution in [0.25, 0.3) is 10.2 Å². The first kappa shape index (κ1) is 21.0. The second-order valence-electron chi connectivity index (χ2n) is 8.03. The minimum atomic E-state index is -0.450. The van der Waals surface area contributed by atoms with Gasteiger partial charge in [0.05, 0.1) is 22.6 Å². The zero-order valence-corrected chi connectivity index (χ0v) is 17.9. The van der Waals surface area contributed by atoms with Crippen LogP contribution >= 0.6 is 11.3 Å². The Kier molecular flexibility index (Phi) is 5.75. The highest BCUT2D eigenvalue weighted by Gasteiger charge is 2.29. The SMILES string of the molecule is Cc1c(C(=O)NC(COc2ccccc2F)C(C)(C)C)sc2ncn(C)c(=O)c12. The summed E-state index contributed by atoms with van der Waals surface area (Å²) >= 11 is 1.19. The lowest BCUT2D eigenvalue weighted by atomic mass is 9.87. The summed E-state index contributed by atoms with van der Waals surface area (Å²) in [7, 11) is 1.63. The maximum Gasteiger partial charge on any atom is 0.262 e. The largest absolute Gasteiger partial charge is 0.488 e. The van der Waals surface area contributed by atoms with Gasteiger partial charge in [-0.05, 0) is 30.0 Å². The Balaban J connectivity index is 1.85. The smallest absolute Gasteiger partial charge is 0.262 e. The number of amides is 1. The third kappa shape index (κ3) is 4.32. The van der Waals surface area contributed by atoms with Crippen LogP contribution in [0.5, 0.6) is 5.75 Å². The Morgan fingerprint density at radius 2 is 2.03 bits per heavy atom. The van der Waals surface area contributed by atoms with Crippen molar-refractivity contribution < 1.29 is 13.9 Å². The van der Waals surface area contributed by atoms with Gasteiger partial charge in [-0.3, -0.25) is 9.59 Å². The van der Waals surface area contributed by atoms with Gasteiger partial charge in [0.15, 0.2) is 11.6 Å². The molecule has 1 aromatic carbocycles. The fourth-order valence-corrected chi connectivity index (χ4v) is 3.93. The molecular weight excluding hydrogens is 393 g/mol. The van der Waals surface area contributed by atoms with E-state index in [0.29, 0.717) is 20.7 Å². The van der Waals surface area contributed by atoms with Gasteiger partial charge in [-0.1, -0.05) is 32.9 Å². The third-order valence-electron chi connectivity index (χ3n) is 4.81. The maximum absolute atomic E-state index is 13.9. The highest BCUT2D eigenvalue weighted by molar-refractivity contribution is 7.20. The monoisotopic (exact) mass is 417 g/mol. The number of carbonyl (C=O) groups excluding carboxylic acids is 1. The van der Waals surface area contributed by atoms with Gasteiger partial charge < -0.3 is 14.6 Å². The minimum absolute atomic E-state index is 0.111. The van der Waals surface area contributed by atoms with Crippen LogP contribution in [0.3, 0.4) is 0 Å². The molecule has 3 rings (SSSR count). The highest BCUT2D eigenvalue weighted by atomic mass is 32.1. The van der Waals surface area contributed by atoms with Gasteiger partial charge in [0.1, 0.15) is 11.4 Å². The quantitative estimate of drug-likeness (QED) is 0.688. The normalized spacial score (nSPS) is 12.8. The number of nitrogens with zero attached hydrogens (tertiary/aromatic N) is 2. The predicted octanol–water partition coefficient (Wildman–Crippen LogP) is 3.67. The summed E-state index contributed by atoms with van der Waals surface area (Å²) in [6, 6.07) is 5.78. The van der Waals surface area contributed by atoms with Crippen LogP contribution in [0, 0.1) is 18.2 Å². The zero-order chi connectivity index (χ0) is 21.3. The minimum Gasteiger partial charge on any atom is -0.488 e. The molecule has 2 heterocycles. The fraction of sp³-hybridized carbons (Fsp3) is 0.381. The standard InChI is InChI=1S/C21H24FN3O3S/c1-12-16-19(23-11-25(5)20(16)27)29-17(12)18(26)24-15(21(2,3)4)10-28-14-9-7-6-8-13(14)22/h6-9,11,15H,10H2,1-5H3,(H,24,26). The lowest BCUT2D eigenvalue weighted by molar-refractivity contribution is 0.0864. The number of rotatable bonds is 5. The van der Waals surface area contributed by atoms with Crippen molar-refractivity contribution in [1.82, 2.24) is 14.9 Å². The van der Waals surface area contributed by atoms with Crippen molar-refractivity contribution in [2.75, 3.05) is 6.61 Å². The van der Waals surface area contributed by atoms with E-state index < -0.39 is 5.82 Å². The van der Waals surface area contributed by atoms with Crippen LogP contribution in [0.1, 0.15) is 36.0 Å². The lowest BCUT2D eigenvalue weighted by Crippen LogP contribution is -2.47. The third-order valence-corrected chi connectivity index (χ3v) is 6.01. The number of ether oxygens (including phenoxy) is 1. The van der Waals surface area contributed by atoms with E-state index in [0.717, 1.165) is 0 Å². The van der Waals surface area contributed by atoms with Crippen LogP contribution in [-0.2, 0) is 7.05 Å². The van der Waals surface area contributed by atoms with Crippen LogP contribution < -0.4 is 15.6 Å². The molecule has 154 valence electrons. The Morgan fingerprint density at radius 3 is 2.69 bits per heavy atom. The van der Waals surface area contributed by atoms with Gasteiger partial charge in [-0.15, -0.1) is 11.3 Å². The molecule has 0 radical (unpaired) electrons. The summed E-state index contributed by atoms with van der Waals surface area (Å²) in [6.07, 6.45) is 1.45. The first-order chi connectivity index (χ1) is 13.6. The van der Waals surface area contributed by atoms with Gasteiger partial charge in [-0.25, -0.2) is 9.37 Å². The molecule has 2 aromatic heterocycles. The molecule has 1 unspecified atom stereocenters. The molecule has 0 bridgehead atoms. The van der Waals surface area contributed by atoms with Gasteiger partial charge in [0.25, 0.3) is 11.5 Å². The van der Waals surface area contributed by atoms with Crippen molar-refractivity contribution in [3.63, 3.8) is 0 Å². The van der Waals surface area contributed by atoms with Crippen molar-refractivity contribution in [2.24, 2.45) is 12.5 Å². The molecule has 6 nitrogen and oxygen atoms in total. The molecule has 1 amide bonds. The molecule has 29 heavy (non-hydrogen) atoms. The number of hydrogen-bond donors (Lipinski definition) is 1. The molecule has 0 aliphatic heterocycles. The molecule has 1 N–H and O–H groups in total. The molecular formula is C21H24FN3O3S. The lowest BCUT2D eigenvalue weighted by Gasteiger charge is -2.31. The van der Waals surface area contributed by atoms with Crippen molar-refractivity contribution in [3.8, 4) is 5.75 Å². The molecule has 0 saturated carbocycles. The number of carbonyl (C=O) groups is 1. The average molecular weight is 418 g/mol. The zero-order valence-electron chi connectivity index (χ0n) is 17.1.